The van der Waals surface area contributed by atoms with Gasteiger partial charge in [-0.3, -0.25) is 19.4 Å². The Kier molecular flexibility index (Phi) is 5.64. The van der Waals surface area contributed by atoms with Gasteiger partial charge in [0.1, 0.15) is 12.4 Å². The van der Waals surface area contributed by atoms with E-state index in [4.69, 9.17) is 0 Å². The third kappa shape index (κ3) is 4.05. The summed E-state index contributed by atoms with van der Waals surface area (Å²) in [5.74, 6) is -1.49. The van der Waals surface area contributed by atoms with Gasteiger partial charge in [-0.1, -0.05) is 12.1 Å². The molecule has 4 rings (SSSR count). The third-order valence-corrected chi connectivity index (χ3v) is 5.34. The minimum atomic E-state index is -0.550. The third-order valence-electron chi connectivity index (χ3n) is 5.34. The average Bonchev–Trinajstić information content (AvgIpc) is 2.79. The number of anilines is 1. The van der Waals surface area contributed by atoms with Gasteiger partial charge in [-0.25, -0.2) is 4.39 Å². The second-order valence-electron chi connectivity index (χ2n) is 7.55. The van der Waals surface area contributed by atoms with Gasteiger partial charge in [0.2, 0.25) is 11.3 Å². The molecule has 4 aromatic rings. The number of nitrogens with one attached hydrogen (secondary N) is 1. The number of para-hydroxylation sites is 1. The van der Waals surface area contributed by atoms with Crippen molar-refractivity contribution in [1.82, 2.24) is 9.55 Å². The Morgan fingerprint density at radius 3 is 2.44 bits per heavy atom. The molecule has 32 heavy (non-hydrogen) atoms. The summed E-state index contributed by atoms with van der Waals surface area (Å²) in [5, 5.41) is 2.88. The number of amides is 1. The maximum Gasteiger partial charge on any atom is 0.244 e. The number of halogens is 1. The molecular formula is C25H20FN3O3. The van der Waals surface area contributed by atoms with Crippen molar-refractivity contribution in [2.75, 3.05) is 5.32 Å². The lowest BCUT2D eigenvalue weighted by Crippen LogP contribution is -2.24. The standard InChI is InChI=1S/C25H20FN3O3/c1-15-11-18-22(12-16(15)2)29(14-23(30)28-21-6-4-3-5-20(21)26)13-19(25(18)32)24(31)17-7-9-27-10-8-17/h3-13H,14H2,1-2H3,(H,28,30). The number of ketones is 1. The molecule has 0 aliphatic heterocycles. The number of nitrogens with zero attached hydrogens (tertiary/aromatic N) is 2. The number of aryl methyl sites for hydroxylation is 2. The summed E-state index contributed by atoms with van der Waals surface area (Å²) in [7, 11) is 0. The molecule has 0 radical (unpaired) electrons. The molecule has 2 aromatic carbocycles. The molecule has 0 bridgehead atoms. The van der Waals surface area contributed by atoms with Crippen LogP contribution in [0.3, 0.4) is 0 Å². The molecule has 0 aliphatic rings. The SMILES string of the molecule is Cc1cc2c(=O)c(C(=O)c3ccncc3)cn(CC(=O)Nc3ccccc3F)c2cc1C. The number of hydrogen-bond donors (Lipinski definition) is 1. The van der Waals surface area contributed by atoms with E-state index in [0.29, 0.717) is 16.5 Å². The van der Waals surface area contributed by atoms with Crippen LogP contribution in [0.2, 0.25) is 0 Å². The minimum absolute atomic E-state index is 0.0503. The summed E-state index contributed by atoms with van der Waals surface area (Å²) in [6.07, 6.45) is 4.34. The minimum Gasteiger partial charge on any atom is -0.337 e. The Hall–Kier alpha value is -4.13. The molecule has 0 saturated carbocycles. The topological polar surface area (TPSA) is 81.1 Å². The van der Waals surface area contributed by atoms with Crippen molar-refractivity contribution in [3.05, 3.63) is 105 Å². The Balaban J connectivity index is 1.81. The lowest BCUT2D eigenvalue weighted by molar-refractivity contribution is -0.116. The van der Waals surface area contributed by atoms with E-state index in [2.05, 4.69) is 10.3 Å². The number of carbonyl (C=O) groups is 2. The highest BCUT2D eigenvalue weighted by atomic mass is 19.1. The van der Waals surface area contributed by atoms with Gasteiger partial charge in [0.05, 0.1) is 16.8 Å². The van der Waals surface area contributed by atoms with Gasteiger partial charge in [0, 0.05) is 29.5 Å². The largest absolute Gasteiger partial charge is 0.337 e. The highest BCUT2D eigenvalue weighted by molar-refractivity contribution is 6.10. The smallest absolute Gasteiger partial charge is 0.244 e. The van der Waals surface area contributed by atoms with Crippen LogP contribution in [0.4, 0.5) is 10.1 Å². The molecule has 160 valence electrons. The Morgan fingerprint density at radius 1 is 1.03 bits per heavy atom. The van der Waals surface area contributed by atoms with Crippen LogP contribution < -0.4 is 10.7 Å². The summed E-state index contributed by atoms with van der Waals surface area (Å²) < 4.78 is 15.5. The highest BCUT2D eigenvalue weighted by Gasteiger charge is 2.19. The number of pyridine rings is 2. The van der Waals surface area contributed by atoms with Crippen LogP contribution in [0.25, 0.3) is 10.9 Å². The number of hydrogen-bond acceptors (Lipinski definition) is 4. The molecule has 0 unspecified atom stereocenters. The fraction of sp³-hybridized carbons (Fsp3) is 0.120. The van der Waals surface area contributed by atoms with Crippen LogP contribution in [0.1, 0.15) is 27.0 Å². The second-order valence-corrected chi connectivity index (χ2v) is 7.55. The molecular weight excluding hydrogens is 409 g/mol. The molecule has 2 aromatic heterocycles. The number of aromatic nitrogens is 2. The first-order chi connectivity index (χ1) is 15.3. The summed E-state index contributed by atoms with van der Waals surface area (Å²) in [6, 6.07) is 12.5. The molecule has 7 heteroatoms. The van der Waals surface area contributed by atoms with Gasteiger partial charge < -0.3 is 9.88 Å². The zero-order valence-corrected chi connectivity index (χ0v) is 17.6. The van der Waals surface area contributed by atoms with Crippen molar-refractivity contribution >= 4 is 28.3 Å². The maximum atomic E-state index is 13.9. The molecule has 0 saturated heterocycles. The predicted octanol–water partition coefficient (Wildman–Crippen LogP) is 4.02. The summed E-state index contributed by atoms with van der Waals surface area (Å²) >= 11 is 0. The lowest BCUT2D eigenvalue weighted by atomic mass is 10.0. The van der Waals surface area contributed by atoms with E-state index >= 15 is 0 Å². The quantitative estimate of drug-likeness (QED) is 0.486. The number of rotatable bonds is 5. The van der Waals surface area contributed by atoms with Gasteiger partial charge in [-0.05, 0) is 61.4 Å². The van der Waals surface area contributed by atoms with E-state index in [0.717, 1.165) is 11.1 Å². The van der Waals surface area contributed by atoms with Gasteiger partial charge in [0.15, 0.2) is 5.78 Å². The number of benzene rings is 2. The molecule has 2 heterocycles. The normalized spacial score (nSPS) is 10.8. The summed E-state index contributed by atoms with van der Waals surface area (Å²) in [5.41, 5.74) is 2.28. The molecule has 0 aliphatic carbocycles. The van der Waals surface area contributed by atoms with Gasteiger partial charge in [-0.15, -0.1) is 0 Å². The monoisotopic (exact) mass is 429 g/mol. The molecule has 6 nitrogen and oxygen atoms in total. The van der Waals surface area contributed by atoms with Gasteiger partial charge >= 0.3 is 0 Å². The van der Waals surface area contributed by atoms with Crippen molar-refractivity contribution < 1.29 is 14.0 Å². The van der Waals surface area contributed by atoms with E-state index in [-0.39, 0.29) is 17.8 Å². The van der Waals surface area contributed by atoms with Crippen LogP contribution in [-0.2, 0) is 11.3 Å². The van der Waals surface area contributed by atoms with Crippen molar-refractivity contribution in [2.45, 2.75) is 20.4 Å². The molecule has 0 fully saturated rings. The van der Waals surface area contributed by atoms with E-state index in [9.17, 15) is 18.8 Å². The second kappa shape index (κ2) is 8.55. The molecule has 0 atom stereocenters. The molecule has 1 N–H and O–H groups in total. The highest BCUT2D eigenvalue weighted by Crippen LogP contribution is 2.20. The number of carbonyl (C=O) groups excluding carboxylic acids is 2. The molecule has 1 amide bonds. The first-order valence-corrected chi connectivity index (χ1v) is 9.98. The number of fused-ring (bicyclic) bond motifs is 1. The summed E-state index contributed by atoms with van der Waals surface area (Å²) in [6.45, 7) is 3.57. The van der Waals surface area contributed by atoms with Gasteiger partial charge in [-0.2, -0.15) is 0 Å². The summed E-state index contributed by atoms with van der Waals surface area (Å²) in [4.78, 5) is 42.8. The average molecular weight is 429 g/mol. The zero-order valence-electron chi connectivity index (χ0n) is 17.6. The van der Waals surface area contributed by atoms with Crippen LogP contribution >= 0.6 is 0 Å². The van der Waals surface area contributed by atoms with E-state index in [1.807, 2.05) is 19.9 Å². The van der Waals surface area contributed by atoms with Crippen molar-refractivity contribution in [3.63, 3.8) is 0 Å². The zero-order chi connectivity index (χ0) is 22.8. The van der Waals surface area contributed by atoms with Crippen molar-refractivity contribution in [2.24, 2.45) is 0 Å². The van der Waals surface area contributed by atoms with Crippen LogP contribution in [0, 0.1) is 19.7 Å². The lowest BCUT2D eigenvalue weighted by Gasteiger charge is -2.15. The first-order valence-electron chi connectivity index (χ1n) is 9.98. The molecule has 0 spiro atoms. The van der Waals surface area contributed by atoms with Crippen LogP contribution in [0.5, 0.6) is 0 Å². The van der Waals surface area contributed by atoms with E-state index in [1.165, 1.54) is 48.9 Å². The van der Waals surface area contributed by atoms with E-state index in [1.54, 1.807) is 16.7 Å². The van der Waals surface area contributed by atoms with Crippen molar-refractivity contribution in [3.8, 4) is 0 Å². The van der Waals surface area contributed by atoms with Crippen molar-refractivity contribution in [1.29, 1.82) is 0 Å². The fourth-order valence-corrected chi connectivity index (χ4v) is 3.51. The maximum absolute atomic E-state index is 13.9. The predicted molar refractivity (Wildman–Crippen MR) is 120 cm³/mol. The van der Waals surface area contributed by atoms with Crippen LogP contribution in [-0.4, -0.2) is 21.2 Å². The Morgan fingerprint density at radius 2 is 1.72 bits per heavy atom. The van der Waals surface area contributed by atoms with Gasteiger partial charge in [0.25, 0.3) is 0 Å². The first kappa shape index (κ1) is 21.1. The van der Waals surface area contributed by atoms with Crippen LogP contribution in [0.15, 0.2) is 71.9 Å². The van der Waals surface area contributed by atoms with E-state index < -0.39 is 22.9 Å². The fourth-order valence-electron chi connectivity index (χ4n) is 3.51. The Labute approximate surface area is 183 Å². The Bertz CT molecular complexity index is 1410.